The van der Waals surface area contributed by atoms with Crippen molar-refractivity contribution in [3.8, 4) is 11.8 Å². The minimum Gasteiger partial charge on any atom is -0.496 e. The third kappa shape index (κ3) is 5.86. The van der Waals surface area contributed by atoms with Crippen LogP contribution in [0.1, 0.15) is 22.6 Å². The van der Waals surface area contributed by atoms with E-state index >= 15 is 0 Å². The predicted molar refractivity (Wildman–Crippen MR) is 137 cm³/mol. The van der Waals surface area contributed by atoms with Crippen LogP contribution in [0.4, 0.5) is 5.69 Å². The largest absolute Gasteiger partial charge is 0.496 e. The number of ether oxygens (including phenoxy) is 2. The molecule has 0 saturated heterocycles. The van der Waals surface area contributed by atoms with Gasteiger partial charge in [0.2, 0.25) is 11.8 Å². The van der Waals surface area contributed by atoms with E-state index in [9.17, 15) is 19.6 Å². The molecular weight excluding hydrogens is 534 g/mol. The summed E-state index contributed by atoms with van der Waals surface area (Å²) in [6, 6.07) is 12.9. The van der Waals surface area contributed by atoms with Crippen molar-refractivity contribution < 1.29 is 23.9 Å². The maximum Gasteiger partial charge on any atom is 0.319 e. The second-order valence-electron chi connectivity index (χ2n) is 7.87. The SMILES string of the molecule is COC(=O)[C@H]1C(=O)NC(SCC(=O)Nc2ccc(C)cc2C)=C(C#N)[C@@H]1c1ccc(OC)c(Br)c1. The number of methoxy groups -OCH3 is 2. The van der Waals surface area contributed by atoms with Gasteiger partial charge in [-0.05, 0) is 59.1 Å². The lowest BCUT2D eigenvalue weighted by Gasteiger charge is -2.31. The van der Waals surface area contributed by atoms with Crippen LogP contribution in [0, 0.1) is 31.1 Å². The lowest BCUT2D eigenvalue weighted by Crippen LogP contribution is -2.44. The second-order valence-corrected chi connectivity index (χ2v) is 9.71. The highest BCUT2D eigenvalue weighted by molar-refractivity contribution is 9.10. The van der Waals surface area contributed by atoms with Crippen molar-refractivity contribution in [1.29, 1.82) is 5.26 Å². The van der Waals surface area contributed by atoms with Crippen LogP contribution in [0.2, 0.25) is 0 Å². The summed E-state index contributed by atoms with van der Waals surface area (Å²) in [5.74, 6) is -3.30. The number of thioether (sulfide) groups is 1. The molecule has 1 aliphatic rings. The summed E-state index contributed by atoms with van der Waals surface area (Å²) in [5.41, 5.74) is 3.42. The standard InChI is InChI=1S/C25H24BrN3O5S/c1-13-5-7-18(14(2)9-13)28-20(30)12-35-24-16(11-27)21(22(23(31)29-24)25(32)34-4)15-6-8-19(33-3)17(26)10-15/h5-10,21-22H,12H2,1-4H3,(H,28,30)(H,29,31)/t21-,22+/m0/s1. The molecule has 8 nitrogen and oxygen atoms in total. The smallest absolute Gasteiger partial charge is 0.319 e. The number of nitriles is 1. The molecular formula is C25H24BrN3O5S. The van der Waals surface area contributed by atoms with Crippen LogP contribution in [0.25, 0.3) is 0 Å². The zero-order chi connectivity index (χ0) is 25.7. The van der Waals surface area contributed by atoms with Gasteiger partial charge in [-0.15, -0.1) is 0 Å². The normalized spacial score (nSPS) is 17.3. The first kappa shape index (κ1) is 26.3. The van der Waals surface area contributed by atoms with Gasteiger partial charge in [0.25, 0.3) is 0 Å². The number of anilines is 1. The van der Waals surface area contributed by atoms with Gasteiger partial charge in [-0.3, -0.25) is 14.4 Å². The number of esters is 1. The minimum atomic E-state index is -1.26. The van der Waals surface area contributed by atoms with E-state index in [0.717, 1.165) is 22.9 Å². The number of rotatable bonds is 7. The van der Waals surface area contributed by atoms with Crippen LogP contribution in [0.5, 0.6) is 5.75 Å². The number of nitrogens with one attached hydrogen (secondary N) is 2. The Hall–Kier alpha value is -3.29. The molecule has 0 bridgehead atoms. The Kier molecular flexibility index (Phi) is 8.59. The molecule has 0 aromatic heterocycles. The highest BCUT2D eigenvalue weighted by atomic mass is 79.9. The van der Waals surface area contributed by atoms with Crippen molar-refractivity contribution in [2.75, 3.05) is 25.3 Å². The van der Waals surface area contributed by atoms with Gasteiger partial charge < -0.3 is 20.1 Å². The number of nitrogens with zero attached hydrogens (tertiary/aromatic N) is 1. The van der Waals surface area contributed by atoms with Crippen LogP contribution in [-0.4, -0.2) is 37.8 Å². The molecule has 182 valence electrons. The van der Waals surface area contributed by atoms with E-state index < -0.39 is 23.7 Å². The number of benzene rings is 2. The topological polar surface area (TPSA) is 118 Å². The molecule has 0 saturated carbocycles. The highest BCUT2D eigenvalue weighted by Crippen LogP contribution is 2.42. The monoisotopic (exact) mass is 557 g/mol. The molecule has 2 amide bonds. The molecule has 0 radical (unpaired) electrons. The molecule has 1 heterocycles. The van der Waals surface area contributed by atoms with Gasteiger partial charge in [0.1, 0.15) is 11.7 Å². The fourth-order valence-corrected chi connectivity index (χ4v) is 5.24. The summed E-state index contributed by atoms with van der Waals surface area (Å²) in [5, 5.41) is 15.7. The number of carbonyl (C=O) groups excluding carboxylic acids is 3. The molecule has 2 aromatic rings. The molecule has 0 fully saturated rings. The number of hydrogen-bond donors (Lipinski definition) is 2. The molecule has 2 atom stereocenters. The Morgan fingerprint density at radius 2 is 1.94 bits per heavy atom. The number of halogens is 1. The molecule has 35 heavy (non-hydrogen) atoms. The third-order valence-corrected chi connectivity index (χ3v) is 7.16. The van der Waals surface area contributed by atoms with Gasteiger partial charge in [0.15, 0.2) is 0 Å². The van der Waals surface area contributed by atoms with Crippen LogP contribution < -0.4 is 15.4 Å². The predicted octanol–water partition coefficient (Wildman–Crippen LogP) is 4.18. The van der Waals surface area contributed by atoms with E-state index in [1.165, 1.54) is 14.2 Å². The lowest BCUT2D eigenvalue weighted by atomic mass is 9.78. The third-order valence-electron chi connectivity index (χ3n) is 5.52. The Labute approximate surface area is 216 Å². The fourth-order valence-electron chi connectivity index (χ4n) is 3.83. The summed E-state index contributed by atoms with van der Waals surface area (Å²) in [6.07, 6.45) is 0. The Morgan fingerprint density at radius 3 is 2.54 bits per heavy atom. The van der Waals surface area contributed by atoms with Crippen molar-refractivity contribution in [1.82, 2.24) is 5.32 Å². The number of allylic oxidation sites excluding steroid dienone is 1. The Morgan fingerprint density at radius 1 is 1.20 bits per heavy atom. The van der Waals surface area contributed by atoms with E-state index in [1.807, 2.05) is 32.0 Å². The molecule has 3 rings (SSSR count). The average molecular weight is 558 g/mol. The van der Waals surface area contributed by atoms with Crippen molar-refractivity contribution in [3.63, 3.8) is 0 Å². The van der Waals surface area contributed by atoms with E-state index in [4.69, 9.17) is 9.47 Å². The first-order chi connectivity index (χ1) is 16.7. The number of amides is 2. The van der Waals surface area contributed by atoms with Crippen molar-refractivity contribution in [2.45, 2.75) is 19.8 Å². The van der Waals surface area contributed by atoms with E-state index in [1.54, 1.807) is 18.2 Å². The zero-order valence-corrected chi connectivity index (χ0v) is 22.0. The van der Waals surface area contributed by atoms with E-state index in [0.29, 0.717) is 21.5 Å². The molecule has 1 aliphatic heterocycles. The number of aryl methyl sites for hydroxylation is 2. The van der Waals surface area contributed by atoms with Crippen LogP contribution in [0.15, 0.2) is 51.5 Å². The summed E-state index contributed by atoms with van der Waals surface area (Å²) >= 11 is 4.44. The van der Waals surface area contributed by atoms with Gasteiger partial charge in [-0.2, -0.15) is 5.26 Å². The van der Waals surface area contributed by atoms with Gasteiger partial charge in [0.05, 0.1) is 41.1 Å². The molecule has 10 heteroatoms. The lowest BCUT2D eigenvalue weighted by molar-refractivity contribution is -0.150. The van der Waals surface area contributed by atoms with E-state index in [-0.39, 0.29) is 22.3 Å². The van der Waals surface area contributed by atoms with Gasteiger partial charge in [0, 0.05) is 11.6 Å². The quantitative estimate of drug-likeness (QED) is 0.387. The van der Waals surface area contributed by atoms with Gasteiger partial charge in [-0.25, -0.2) is 0 Å². The molecule has 2 aromatic carbocycles. The Bertz CT molecular complexity index is 1250. The molecule has 0 spiro atoms. The number of hydrogen-bond acceptors (Lipinski definition) is 7. The second kappa shape index (κ2) is 11.4. The van der Waals surface area contributed by atoms with Gasteiger partial charge in [-0.1, -0.05) is 35.5 Å². The van der Waals surface area contributed by atoms with Crippen molar-refractivity contribution >= 4 is 51.2 Å². The first-order valence-corrected chi connectivity index (χ1v) is 12.3. The van der Waals surface area contributed by atoms with Crippen LogP contribution >= 0.6 is 27.7 Å². The fraction of sp³-hybridized carbons (Fsp3) is 0.280. The average Bonchev–Trinajstić information content (AvgIpc) is 2.83. The van der Waals surface area contributed by atoms with Crippen LogP contribution in [0.3, 0.4) is 0 Å². The van der Waals surface area contributed by atoms with Crippen LogP contribution in [-0.2, 0) is 19.1 Å². The zero-order valence-electron chi connectivity index (χ0n) is 19.6. The summed E-state index contributed by atoms with van der Waals surface area (Å²) in [7, 11) is 2.71. The summed E-state index contributed by atoms with van der Waals surface area (Å²) < 4.78 is 10.7. The van der Waals surface area contributed by atoms with Crippen molar-refractivity contribution in [3.05, 3.63) is 68.2 Å². The highest BCUT2D eigenvalue weighted by Gasteiger charge is 2.44. The van der Waals surface area contributed by atoms with Gasteiger partial charge >= 0.3 is 5.97 Å². The van der Waals surface area contributed by atoms with Crippen molar-refractivity contribution in [2.24, 2.45) is 5.92 Å². The summed E-state index contributed by atoms with van der Waals surface area (Å²) in [4.78, 5) is 38.1. The number of carbonyl (C=O) groups is 3. The molecule has 0 unspecified atom stereocenters. The van der Waals surface area contributed by atoms with E-state index in [2.05, 4.69) is 32.6 Å². The maximum absolute atomic E-state index is 13.0. The molecule has 0 aliphatic carbocycles. The summed E-state index contributed by atoms with van der Waals surface area (Å²) in [6.45, 7) is 3.87. The Balaban J connectivity index is 1.92. The maximum atomic E-state index is 13.0. The minimum absolute atomic E-state index is 0.0456. The first-order valence-electron chi connectivity index (χ1n) is 10.6. The molecule has 2 N–H and O–H groups in total.